The summed E-state index contributed by atoms with van der Waals surface area (Å²) in [7, 11) is 7.77. The third-order valence-electron chi connectivity index (χ3n) is 4.46. The highest BCUT2D eigenvalue weighted by Crippen LogP contribution is 2.43. The van der Waals surface area contributed by atoms with E-state index in [1.807, 2.05) is 0 Å². The second-order valence-corrected chi connectivity index (χ2v) is 6.03. The van der Waals surface area contributed by atoms with Crippen molar-refractivity contribution >= 4 is 5.69 Å². The number of ether oxygens (including phenoxy) is 3. The fourth-order valence-electron chi connectivity index (χ4n) is 3.10. The number of nitrogens with one attached hydrogen (secondary N) is 1. The molecule has 2 aromatic carbocycles. The Morgan fingerprint density at radius 1 is 0.929 bits per heavy atom. The number of aryl methyl sites for hydroxylation is 1. The maximum absolute atomic E-state index is 14.7. The molecule has 3 aromatic rings. The Kier molecular flexibility index (Phi) is 5.39. The second kappa shape index (κ2) is 7.75. The van der Waals surface area contributed by atoms with Crippen molar-refractivity contribution < 1.29 is 23.0 Å². The molecule has 0 amide bonds. The van der Waals surface area contributed by atoms with Crippen molar-refractivity contribution in [1.82, 2.24) is 9.55 Å². The molecule has 1 N–H and O–H groups in total. The molecule has 0 spiro atoms. The van der Waals surface area contributed by atoms with Crippen LogP contribution in [0.2, 0.25) is 0 Å². The monoisotopic (exact) mass is 389 g/mol. The number of benzene rings is 2. The van der Waals surface area contributed by atoms with Crippen molar-refractivity contribution in [3.05, 3.63) is 42.2 Å². The summed E-state index contributed by atoms with van der Waals surface area (Å²) in [6, 6.07) is 5.70. The molecule has 0 radical (unpaired) electrons. The summed E-state index contributed by atoms with van der Waals surface area (Å²) in [5, 5.41) is 2.63. The summed E-state index contributed by atoms with van der Waals surface area (Å²) >= 11 is 0. The van der Waals surface area contributed by atoms with Crippen LogP contribution in [-0.2, 0) is 7.05 Å². The van der Waals surface area contributed by atoms with E-state index in [9.17, 15) is 8.78 Å². The van der Waals surface area contributed by atoms with Crippen molar-refractivity contribution in [3.8, 4) is 39.8 Å². The Morgan fingerprint density at radius 2 is 1.57 bits per heavy atom. The van der Waals surface area contributed by atoms with Gasteiger partial charge in [0.25, 0.3) is 0 Å². The molecular formula is C20H21F2N3O3. The lowest BCUT2D eigenvalue weighted by molar-refractivity contribution is 0.324. The van der Waals surface area contributed by atoms with Gasteiger partial charge in [-0.1, -0.05) is 0 Å². The van der Waals surface area contributed by atoms with Gasteiger partial charge in [0, 0.05) is 31.3 Å². The molecule has 0 aliphatic rings. The third-order valence-corrected chi connectivity index (χ3v) is 4.46. The molecule has 0 atom stereocenters. The molecule has 0 aliphatic heterocycles. The Labute approximate surface area is 161 Å². The predicted molar refractivity (Wildman–Crippen MR) is 103 cm³/mol. The number of hydrogen-bond donors (Lipinski definition) is 1. The van der Waals surface area contributed by atoms with Crippen LogP contribution in [0.25, 0.3) is 22.5 Å². The molecule has 0 fully saturated rings. The Balaban J connectivity index is 2.24. The van der Waals surface area contributed by atoms with Crippen molar-refractivity contribution in [1.29, 1.82) is 0 Å². The minimum Gasteiger partial charge on any atom is -0.493 e. The number of imidazole rings is 1. The van der Waals surface area contributed by atoms with Crippen molar-refractivity contribution in [2.45, 2.75) is 0 Å². The first kappa shape index (κ1) is 19.5. The minimum atomic E-state index is -0.567. The van der Waals surface area contributed by atoms with Crippen molar-refractivity contribution in [2.24, 2.45) is 7.05 Å². The quantitative estimate of drug-likeness (QED) is 0.688. The summed E-state index contributed by atoms with van der Waals surface area (Å²) < 4.78 is 46.8. The van der Waals surface area contributed by atoms with E-state index in [1.165, 1.54) is 34.7 Å². The van der Waals surface area contributed by atoms with Gasteiger partial charge < -0.3 is 24.1 Å². The van der Waals surface area contributed by atoms with Gasteiger partial charge in [0.05, 0.1) is 44.7 Å². The highest BCUT2D eigenvalue weighted by molar-refractivity contribution is 5.82. The average molecular weight is 389 g/mol. The van der Waals surface area contributed by atoms with E-state index in [4.69, 9.17) is 14.2 Å². The van der Waals surface area contributed by atoms with Crippen LogP contribution in [0.1, 0.15) is 0 Å². The van der Waals surface area contributed by atoms with E-state index in [-0.39, 0.29) is 11.3 Å². The zero-order valence-corrected chi connectivity index (χ0v) is 16.3. The number of nitrogens with zero attached hydrogens (tertiary/aromatic N) is 2. The van der Waals surface area contributed by atoms with Gasteiger partial charge in [0.15, 0.2) is 11.5 Å². The fraction of sp³-hybridized carbons (Fsp3) is 0.250. The molecule has 0 aliphatic carbocycles. The number of hydrogen-bond acceptors (Lipinski definition) is 5. The van der Waals surface area contributed by atoms with E-state index in [0.717, 1.165) is 12.1 Å². The summed E-state index contributed by atoms with van der Waals surface area (Å²) in [4.78, 5) is 4.39. The molecule has 6 nitrogen and oxygen atoms in total. The smallest absolute Gasteiger partial charge is 0.203 e. The van der Waals surface area contributed by atoms with Gasteiger partial charge in [-0.25, -0.2) is 13.8 Å². The van der Waals surface area contributed by atoms with Crippen LogP contribution in [0.3, 0.4) is 0 Å². The fourth-order valence-corrected chi connectivity index (χ4v) is 3.10. The summed E-state index contributed by atoms with van der Waals surface area (Å²) in [5.41, 5.74) is 1.67. The Hall–Kier alpha value is -3.29. The van der Waals surface area contributed by atoms with Gasteiger partial charge in [0.2, 0.25) is 5.75 Å². The number of halogens is 2. The van der Waals surface area contributed by atoms with Crippen LogP contribution in [0.15, 0.2) is 30.6 Å². The Morgan fingerprint density at radius 3 is 2.11 bits per heavy atom. The van der Waals surface area contributed by atoms with Crippen LogP contribution < -0.4 is 19.5 Å². The van der Waals surface area contributed by atoms with E-state index in [0.29, 0.717) is 34.2 Å². The molecule has 0 unspecified atom stereocenters. The number of rotatable bonds is 6. The van der Waals surface area contributed by atoms with Crippen molar-refractivity contribution in [3.63, 3.8) is 0 Å². The summed E-state index contributed by atoms with van der Waals surface area (Å²) in [6.07, 6.45) is 1.54. The van der Waals surface area contributed by atoms with E-state index < -0.39 is 11.6 Å². The van der Waals surface area contributed by atoms with Gasteiger partial charge in [-0.2, -0.15) is 0 Å². The molecule has 8 heteroatoms. The Bertz CT molecular complexity index is 993. The third kappa shape index (κ3) is 3.21. The van der Waals surface area contributed by atoms with Crippen LogP contribution in [-0.4, -0.2) is 37.9 Å². The van der Waals surface area contributed by atoms with E-state index in [2.05, 4.69) is 10.3 Å². The van der Waals surface area contributed by atoms with E-state index >= 15 is 0 Å². The van der Waals surface area contributed by atoms with Crippen LogP contribution in [0.4, 0.5) is 14.5 Å². The standard InChI is InChI=1S/C20H21F2N3O3/c1-23-15-9-13(21)12(8-14(15)22)19-18(24-10-25(19)2)11-6-16(26-3)20(28-5)17(7-11)27-4/h6-10,23H,1-5H3. The largest absolute Gasteiger partial charge is 0.493 e. The molecular weight excluding hydrogens is 368 g/mol. The van der Waals surface area contributed by atoms with Crippen molar-refractivity contribution in [2.75, 3.05) is 33.7 Å². The van der Waals surface area contributed by atoms with E-state index in [1.54, 1.807) is 23.7 Å². The molecule has 28 heavy (non-hydrogen) atoms. The molecule has 0 saturated carbocycles. The van der Waals surface area contributed by atoms with Gasteiger partial charge in [-0.15, -0.1) is 0 Å². The van der Waals surface area contributed by atoms with Gasteiger partial charge in [0.1, 0.15) is 11.6 Å². The first-order chi connectivity index (χ1) is 13.4. The topological polar surface area (TPSA) is 57.5 Å². The lowest BCUT2D eigenvalue weighted by Crippen LogP contribution is -2.00. The lowest BCUT2D eigenvalue weighted by Gasteiger charge is -2.15. The number of aromatic nitrogens is 2. The lowest BCUT2D eigenvalue weighted by atomic mass is 10.0. The zero-order valence-electron chi connectivity index (χ0n) is 16.3. The SMILES string of the molecule is CNc1cc(F)c(-c2c(-c3cc(OC)c(OC)c(OC)c3)ncn2C)cc1F. The maximum Gasteiger partial charge on any atom is 0.203 e. The summed E-state index contributed by atoms with van der Waals surface area (Å²) in [6.45, 7) is 0. The zero-order chi connectivity index (χ0) is 20.4. The highest BCUT2D eigenvalue weighted by atomic mass is 19.1. The average Bonchev–Trinajstić information content (AvgIpc) is 3.09. The first-order valence-corrected chi connectivity index (χ1v) is 8.44. The van der Waals surface area contributed by atoms with Crippen LogP contribution in [0, 0.1) is 11.6 Å². The van der Waals surface area contributed by atoms with Crippen LogP contribution >= 0.6 is 0 Å². The molecule has 1 aromatic heterocycles. The maximum atomic E-state index is 14.7. The second-order valence-electron chi connectivity index (χ2n) is 6.03. The van der Waals surface area contributed by atoms with Gasteiger partial charge >= 0.3 is 0 Å². The highest BCUT2D eigenvalue weighted by Gasteiger charge is 2.22. The normalized spacial score (nSPS) is 10.7. The molecule has 3 rings (SSSR count). The minimum absolute atomic E-state index is 0.0813. The predicted octanol–water partition coefficient (Wildman–Crippen LogP) is 4.10. The first-order valence-electron chi connectivity index (χ1n) is 8.44. The number of methoxy groups -OCH3 is 3. The summed E-state index contributed by atoms with van der Waals surface area (Å²) in [5.74, 6) is 0.178. The van der Waals surface area contributed by atoms with Crippen LogP contribution in [0.5, 0.6) is 17.2 Å². The molecule has 1 heterocycles. The van der Waals surface area contributed by atoms with Gasteiger partial charge in [-0.05, 0) is 18.2 Å². The molecule has 148 valence electrons. The molecule has 0 saturated heterocycles. The molecule has 0 bridgehead atoms. The number of anilines is 1. The van der Waals surface area contributed by atoms with Gasteiger partial charge in [-0.3, -0.25) is 0 Å².